The Morgan fingerprint density at radius 2 is 1.33 bits per heavy atom. The van der Waals surface area contributed by atoms with Crippen molar-refractivity contribution in [2.75, 3.05) is 21.3 Å². The molecule has 0 saturated heterocycles. The molecule has 0 N–H and O–H groups in total. The average molecular weight is 407 g/mol. The predicted molar refractivity (Wildman–Crippen MR) is 110 cm³/mol. The molecule has 0 bridgehead atoms. The number of benzene rings is 2. The molecule has 0 radical (unpaired) electrons. The zero-order valence-electron chi connectivity index (χ0n) is 16.9. The molecule has 154 valence electrons. The first-order chi connectivity index (χ1) is 14.5. The normalized spacial score (nSPS) is 10.4. The molecule has 0 aliphatic rings. The number of hydrogen-bond donors (Lipinski definition) is 0. The summed E-state index contributed by atoms with van der Waals surface area (Å²) in [5, 5.41) is 0. The molecule has 7 nitrogen and oxygen atoms in total. The Balaban J connectivity index is 2.51. The summed E-state index contributed by atoms with van der Waals surface area (Å²) in [7, 11) is 3.71. The highest BCUT2D eigenvalue weighted by molar-refractivity contribution is 6.07. The van der Waals surface area contributed by atoms with Crippen LogP contribution >= 0.6 is 0 Å². The molecule has 0 amide bonds. The van der Waals surface area contributed by atoms with Gasteiger partial charge in [-0.2, -0.15) is 0 Å². The van der Waals surface area contributed by atoms with E-state index in [1.165, 1.54) is 21.3 Å². The smallest absolute Gasteiger partial charge is 0.355 e. The molecule has 0 aliphatic heterocycles. The van der Waals surface area contributed by atoms with Crippen molar-refractivity contribution >= 4 is 17.9 Å². The number of carbonyl (C=O) groups is 3. The molecule has 0 spiro atoms. The maximum atomic E-state index is 12.8. The highest BCUT2D eigenvalue weighted by Gasteiger charge is 2.34. The van der Waals surface area contributed by atoms with Crippen LogP contribution in [0.25, 0.3) is 16.9 Å². The Labute approximate surface area is 173 Å². The monoisotopic (exact) mass is 407 g/mol. The Morgan fingerprint density at radius 1 is 0.767 bits per heavy atom. The van der Waals surface area contributed by atoms with Gasteiger partial charge in [0, 0.05) is 11.3 Å². The van der Waals surface area contributed by atoms with Gasteiger partial charge in [0.1, 0.15) is 5.69 Å². The van der Waals surface area contributed by atoms with Crippen molar-refractivity contribution in [2.45, 2.75) is 6.42 Å². The SMILES string of the molecule is COC(=O)Cc1c(C(=O)OC)c(C(=O)OC)n(-c2ccccc2)c1-c1ccccc1. The van der Waals surface area contributed by atoms with E-state index in [1.807, 2.05) is 48.5 Å². The van der Waals surface area contributed by atoms with Gasteiger partial charge in [0.2, 0.25) is 0 Å². The Morgan fingerprint density at radius 3 is 1.87 bits per heavy atom. The van der Waals surface area contributed by atoms with Gasteiger partial charge >= 0.3 is 17.9 Å². The van der Waals surface area contributed by atoms with Crippen LogP contribution in [0.5, 0.6) is 0 Å². The first-order valence-electron chi connectivity index (χ1n) is 9.15. The highest BCUT2D eigenvalue weighted by atomic mass is 16.5. The van der Waals surface area contributed by atoms with E-state index in [4.69, 9.17) is 14.2 Å². The second-order valence-corrected chi connectivity index (χ2v) is 6.32. The van der Waals surface area contributed by atoms with E-state index in [-0.39, 0.29) is 17.7 Å². The molecule has 0 saturated carbocycles. The number of nitrogens with zero attached hydrogens (tertiary/aromatic N) is 1. The van der Waals surface area contributed by atoms with Gasteiger partial charge < -0.3 is 18.8 Å². The second-order valence-electron chi connectivity index (χ2n) is 6.32. The minimum absolute atomic E-state index is 0.0201. The number of methoxy groups -OCH3 is 3. The third-order valence-electron chi connectivity index (χ3n) is 4.65. The maximum Gasteiger partial charge on any atom is 0.355 e. The predicted octanol–water partition coefficient (Wildman–Crippen LogP) is 3.43. The van der Waals surface area contributed by atoms with E-state index >= 15 is 0 Å². The molecule has 2 aromatic carbocycles. The van der Waals surface area contributed by atoms with Gasteiger partial charge in [-0.05, 0) is 17.7 Å². The Hall–Kier alpha value is -3.87. The highest BCUT2D eigenvalue weighted by Crippen LogP contribution is 2.36. The number of ether oxygens (including phenoxy) is 3. The van der Waals surface area contributed by atoms with Crippen LogP contribution in [-0.2, 0) is 25.4 Å². The van der Waals surface area contributed by atoms with Crippen molar-refractivity contribution in [1.29, 1.82) is 0 Å². The van der Waals surface area contributed by atoms with Gasteiger partial charge in [0.25, 0.3) is 0 Å². The number of carbonyl (C=O) groups excluding carboxylic acids is 3. The topological polar surface area (TPSA) is 83.8 Å². The molecular weight excluding hydrogens is 386 g/mol. The van der Waals surface area contributed by atoms with Crippen molar-refractivity contribution in [3.05, 3.63) is 77.5 Å². The zero-order chi connectivity index (χ0) is 21.7. The molecule has 0 unspecified atom stereocenters. The van der Waals surface area contributed by atoms with Gasteiger partial charge in [-0.1, -0.05) is 48.5 Å². The molecule has 0 fully saturated rings. The summed E-state index contributed by atoms with van der Waals surface area (Å²) in [6.45, 7) is 0. The summed E-state index contributed by atoms with van der Waals surface area (Å²) in [5.74, 6) is -2.03. The van der Waals surface area contributed by atoms with Crippen LogP contribution in [0.3, 0.4) is 0 Å². The molecule has 1 heterocycles. The lowest BCUT2D eigenvalue weighted by atomic mass is 10.0. The summed E-state index contributed by atoms with van der Waals surface area (Å²) >= 11 is 0. The quantitative estimate of drug-likeness (QED) is 0.460. The summed E-state index contributed by atoms with van der Waals surface area (Å²) in [6, 6.07) is 18.2. The number of hydrogen-bond acceptors (Lipinski definition) is 6. The molecular formula is C23H21NO6. The van der Waals surface area contributed by atoms with Crippen molar-refractivity contribution < 1.29 is 28.6 Å². The van der Waals surface area contributed by atoms with Crippen LogP contribution in [-0.4, -0.2) is 43.8 Å². The van der Waals surface area contributed by atoms with Crippen LogP contribution in [0.2, 0.25) is 0 Å². The molecule has 0 atom stereocenters. The van der Waals surface area contributed by atoms with Gasteiger partial charge in [-0.3, -0.25) is 4.79 Å². The first kappa shape index (κ1) is 20.9. The largest absolute Gasteiger partial charge is 0.469 e. The van der Waals surface area contributed by atoms with Gasteiger partial charge in [-0.25, -0.2) is 9.59 Å². The molecule has 7 heteroatoms. The standard InChI is InChI=1S/C23H21NO6/c1-28-18(25)14-17-19(22(26)29-2)21(23(27)30-3)24(16-12-8-5-9-13-16)20(17)15-10-6-4-7-11-15/h4-13H,14H2,1-3H3. The maximum absolute atomic E-state index is 12.8. The van der Waals surface area contributed by atoms with E-state index in [1.54, 1.807) is 16.7 Å². The third kappa shape index (κ3) is 3.82. The number of rotatable bonds is 6. The number of aromatic nitrogens is 1. The fourth-order valence-electron chi connectivity index (χ4n) is 3.36. The van der Waals surface area contributed by atoms with Gasteiger partial charge in [0.05, 0.1) is 39.0 Å². The molecule has 30 heavy (non-hydrogen) atoms. The van der Waals surface area contributed by atoms with Crippen LogP contribution in [0, 0.1) is 0 Å². The van der Waals surface area contributed by atoms with Crippen LogP contribution in [0.15, 0.2) is 60.7 Å². The minimum Gasteiger partial charge on any atom is -0.469 e. The lowest BCUT2D eigenvalue weighted by Crippen LogP contribution is -2.16. The van der Waals surface area contributed by atoms with Crippen LogP contribution in [0.4, 0.5) is 0 Å². The van der Waals surface area contributed by atoms with E-state index < -0.39 is 17.9 Å². The Kier molecular flexibility index (Phi) is 6.32. The fraction of sp³-hybridized carbons (Fsp3) is 0.174. The van der Waals surface area contributed by atoms with Gasteiger partial charge in [-0.15, -0.1) is 0 Å². The summed E-state index contributed by atoms with van der Waals surface area (Å²) in [4.78, 5) is 37.8. The lowest BCUT2D eigenvalue weighted by molar-refractivity contribution is -0.139. The van der Waals surface area contributed by atoms with E-state index in [0.717, 1.165) is 0 Å². The van der Waals surface area contributed by atoms with E-state index in [9.17, 15) is 14.4 Å². The van der Waals surface area contributed by atoms with E-state index in [0.29, 0.717) is 22.5 Å². The lowest BCUT2D eigenvalue weighted by Gasteiger charge is -2.14. The van der Waals surface area contributed by atoms with Crippen molar-refractivity contribution in [2.24, 2.45) is 0 Å². The second kappa shape index (κ2) is 9.09. The van der Waals surface area contributed by atoms with Crippen molar-refractivity contribution in [3.8, 4) is 16.9 Å². The summed E-state index contributed by atoms with van der Waals surface area (Å²) < 4.78 is 16.4. The van der Waals surface area contributed by atoms with Crippen molar-refractivity contribution in [3.63, 3.8) is 0 Å². The molecule has 3 aromatic rings. The average Bonchev–Trinajstić information content (AvgIpc) is 3.13. The summed E-state index contributed by atoms with van der Waals surface area (Å²) in [6.07, 6.45) is -0.227. The molecule has 1 aromatic heterocycles. The third-order valence-corrected chi connectivity index (χ3v) is 4.65. The van der Waals surface area contributed by atoms with Crippen LogP contribution in [0.1, 0.15) is 26.4 Å². The zero-order valence-corrected chi connectivity index (χ0v) is 16.9. The van der Waals surface area contributed by atoms with Crippen molar-refractivity contribution in [1.82, 2.24) is 4.57 Å². The number of esters is 3. The summed E-state index contributed by atoms with van der Waals surface area (Å²) in [5.41, 5.74) is 2.11. The number of para-hydroxylation sites is 1. The molecule has 3 rings (SSSR count). The molecule has 0 aliphatic carbocycles. The van der Waals surface area contributed by atoms with Gasteiger partial charge in [0.15, 0.2) is 0 Å². The first-order valence-corrected chi connectivity index (χ1v) is 9.15. The fourth-order valence-corrected chi connectivity index (χ4v) is 3.36. The Bertz CT molecular complexity index is 1070. The minimum atomic E-state index is -0.749. The van der Waals surface area contributed by atoms with Crippen LogP contribution < -0.4 is 0 Å². The van der Waals surface area contributed by atoms with E-state index in [2.05, 4.69) is 0 Å².